The predicted molar refractivity (Wildman–Crippen MR) is 38.6 cm³/mol. The maximum Gasteiger partial charge on any atom is 0.285 e. The molecule has 0 spiro atoms. The molecule has 0 rings (SSSR count). The molecule has 5 nitrogen and oxygen atoms in total. The maximum absolute atomic E-state index is 10.9. The average Bonchev–Trinajstić information content (AvgIpc) is 1.85. The SMILES string of the molecule is CC(C)(C)C(=O)C(=O)N=[N+]=[N-]. The molecule has 0 bridgehead atoms. The Morgan fingerprint density at radius 3 is 2.09 bits per heavy atom. The second kappa shape index (κ2) is 3.16. The molecule has 0 saturated heterocycles. The third kappa shape index (κ3) is 2.82. The van der Waals surface area contributed by atoms with Crippen molar-refractivity contribution in [1.82, 2.24) is 0 Å². The zero-order valence-corrected chi connectivity index (χ0v) is 6.66. The number of azide groups is 1. The molecule has 0 aromatic rings. The van der Waals surface area contributed by atoms with Crippen LogP contribution in [0.2, 0.25) is 0 Å². The van der Waals surface area contributed by atoms with Gasteiger partial charge in [0.1, 0.15) is 0 Å². The molecule has 0 aromatic heterocycles. The number of carbonyl (C=O) groups excluding carboxylic acids is 2. The van der Waals surface area contributed by atoms with Gasteiger partial charge in [-0.25, -0.2) is 0 Å². The Bertz CT molecular complexity index is 233. The summed E-state index contributed by atoms with van der Waals surface area (Å²) in [5.74, 6) is -1.70. The molecule has 0 radical (unpaired) electrons. The van der Waals surface area contributed by atoms with Crippen LogP contribution < -0.4 is 0 Å². The van der Waals surface area contributed by atoms with E-state index in [9.17, 15) is 9.59 Å². The van der Waals surface area contributed by atoms with E-state index in [2.05, 4.69) is 10.0 Å². The van der Waals surface area contributed by atoms with Crippen LogP contribution in [0.5, 0.6) is 0 Å². The third-order valence-electron chi connectivity index (χ3n) is 1.01. The lowest BCUT2D eigenvalue weighted by molar-refractivity contribution is -0.140. The quantitative estimate of drug-likeness (QED) is 0.248. The van der Waals surface area contributed by atoms with E-state index in [0.29, 0.717) is 0 Å². The number of hydrogen-bond donors (Lipinski definition) is 0. The van der Waals surface area contributed by atoms with Crippen molar-refractivity contribution in [2.75, 3.05) is 0 Å². The first-order valence-electron chi connectivity index (χ1n) is 3.03. The smallest absolute Gasteiger partial charge is 0.285 e. The Morgan fingerprint density at radius 1 is 1.36 bits per heavy atom. The van der Waals surface area contributed by atoms with Crippen LogP contribution in [-0.2, 0) is 9.59 Å². The van der Waals surface area contributed by atoms with Crippen molar-refractivity contribution in [1.29, 1.82) is 0 Å². The van der Waals surface area contributed by atoms with Gasteiger partial charge in [0.2, 0.25) is 5.78 Å². The molecule has 0 N–H and O–H groups in total. The van der Waals surface area contributed by atoms with Crippen LogP contribution >= 0.6 is 0 Å². The van der Waals surface area contributed by atoms with Gasteiger partial charge in [0.05, 0.1) is 0 Å². The summed E-state index contributed by atoms with van der Waals surface area (Å²) < 4.78 is 0. The van der Waals surface area contributed by atoms with Gasteiger partial charge in [0, 0.05) is 10.3 Å². The molecule has 0 heterocycles. The monoisotopic (exact) mass is 155 g/mol. The summed E-state index contributed by atoms with van der Waals surface area (Å²) in [5, 5.41) is 2.68. The van der Waals surface area contributed by atoms with Crippen molar-refractivity contribution >= 4 is 11.7 Å². The number of Topliss-reactive ketones (excluding diaryl/α,β-unsaturated/α-hetero) is 1. The van der Waals surface area contributed by atoms with Crippen molar-refractivity contribution in [3.63, 3.8) is 0 Å². The molecular weight excluding hydrogens is 146 g/mol. The molecule has 5 heteroatoms. The number of carbonyl (C=O) groups is 2. The van der Waals surface area contributed by atoms with Crippen LogP contribution in [-0.4, -0.2) is 11.7 Å². The fraction of sp³-hybridized carbons (Fsp3) is 0.667. The lowest BCUT2D eigenvalue weighted by atomic mass is 9.90. The van der Waals surface area contributed by atoms with E-state index < -0.39 is 17.1 Å². The molecular formula is C6H9N3O2. The molecule has 0 aliphatic carbocycles. The van der Waals surface area contributed by atoms with Crippen LogP contribution in [0.25, 0.3) is 10.4 Å². The van der Waals surface area contributed by atoms with Crippen LogP contribution in [0, 0.1) is 5.41 Å². The maximum atomic E-state index is 10.9. The number of nitrogens with zero attached hydrogens (tertiary/aromatic N) is 3. The minimum atomic E-state index is -1.03. The van der Waals surface area contributed by atoms with Crippen LogP contribution in [0.1, 0.15) is 20.8 Å². The van der Waals surface area contributed by atoms with E-state index in [4.69, 9.17) is 5.53 Å². The standard InChI is InChI=1S/C6H9N3O2/c1-6(2,3)4(10)5(11)8-9-7/h1-3H3. The summed E-state index contributed by atoms with van der Waals surface area (Å²) in [6, 6.07) is 0. The summed E-state index contributed by atoms with van der Waals surface area (Å²) in [6.45, 7) is 4.75. The molecule has 0 atom stereocenters. The number of rotatable bonds is 1. The largest absolute Gasteiger partial charge is 0.290 e. The van der Waals surface area contributed by atoms with Crippen molar-refractivity contribution in [2.24, 2.45) is 10.5 Å². The molecule has 0 saturated carbocycles. The van der Waals surface area contributed by atoms with Crippen LogP contribution in [0.3, 0.4) is 0 Å². The van der Waals surface area contributed by atoms with Gasteiger partial charge in [0.15, 0.2) is 0 Å². The highest BCUT2D eigenvalue weighted by Gasteiger charge is 2.26. The highest BCUT2D eigenvalue weighted by Crippen LogP contribution is 2.14. The van der Waals surface area contributed by atoms with Gasteiger partial charge in [-0.2, -0.15) is 0 Å². The second-order valence-electron chi connectivity index (χ2n) is 3.07. The van der Waals surface area contributed by atoms with Gasteiger partial charge in [-0.1, -0.05) is 20.8 Å². The molecule has 0 aliphatic heterocycles. The topological polar surface area (TPSA) is 82.9 Å². The highest BCUT2D eigenvalue weighted by atomic mass is 16.2. The molecule has 0 unspecified atom stereocenters. The first kappa shape index (κ1) is 9.65. The minimum Gasteiger partial charge on any atom is -0.290 e. The van der Waals surface area contributed by atoms with Gasteiger partial charge >= 0.3 is 0 Å². The lowest BCUT2D eigenvalue weighted by Gasteiger charge is -2.12. The fourth-order valence-corrected chi connectivity index (χ4v) is 0.407. The number of amides is 1. The van der Waals surface area contributed by atoms with Gasteiger partial charge in [-0.05, 0) is 10.6 Å². The molecule has 0 aliphatic rings. The Kier molecular flexibility index (Phi) is 2.78. The third-order valence-corrected chi connectivity index (χ3v) is 1.01. The summed E-state index contributed by atoms with van der Waals surface area (Å²) in [4.78, 5) is 23.8. The molecule has 0 aromatic carbocycles. The van der Waals surface area contributed by atoms with Crippen LogP contribution in [0.4, 0.5) is 0 Å². The van der Waals surface area contributed by atoms with E-state index in [1.807, 2.05) is 0 Å². The van der Waals surface area contributed by atoms with Gasteiger partial charge in [0.25, 0.3) is 5.91 Å². The van der Waals surface area contributed by atoms with Crippen LogP contribution in [0.15, 0.2) is 5.11 Å². The summed E-state index contributed by atoms with van der Waals surface area (Å²) in [7, 11) is 0. The highest BCUT2D eigenvalue weighted by molar-refractivity contribution is 6.38. The zero-order chi connectivity index (χ0) is 9.07. The fourth-order valence-electron chi connectivity index (χ4n) is 0.407. The Balaban J connectivity index is 4.52. The first-order valence-corrected chi connectivity index (χ1v) is 3.03. The van der Waals surface area contributed by atoms with E-state index in [-0.39, 0.29) is 0 Å². The lowest BCUT2D eigenvalue weighted by Crippen LogP contribution is -2.26. The Labute approximate surface area is 64.0 Å². The summed E-state index contributed by atoms with van der Waals surface area (Å²) >= 11 is 0. The van der Waals surface area contributed by atoms with Crippen molar-refractivity contribution in [3.8, 4) is 0 Å². The predicted octanol–water partition coefficient (Wildman–Crippen LogP) is 1.44. The Morgan fingerprint density at radius 2 is 1.82 bits per heavy atom. The van der Waals surface area contributed by atoms with E-state index in [1.54, 1.807) is 20.8 Å². The molecule has 0 fully saturated rings. The minimum absolute atomic E-state index is 0.671. The van der Waals surface area contributed by atoms with E-state index in [1.165, 1.54) is 0 Å². The van der Waals surface area contributed by atoms with Gasteiger partial charge in [-0.15, -0.1) is 0 Å². The van der Waals surface area contributed by atoms with Crippen molar-refractivity contribution in [2.45, 2.75) is 20.8 Å². The van der Waals surface area contributed by atoms with E-state index in [0.717, 1.165) is 0 Å². The average molecular weight is 155 g/mol. The van der Waals surface area contributed by atoms with Crippen molar-refractivity contribution in [3.05, 3.63) is 10.4 Å². The molecule has 11 heavy (non-hydrogen) atoms. The number of ketones is 1. The van der Waals surface area contributed by atoms with E-state index >= 15 is 0 Å². The normalized spacial score (nSPS) is 10.1. The molecule has 60 valence electrons. The van der Waals surface area contributed by atoms with Gasteiger partial charge in [-0.3, -0.25) is 9.59 Å². The van der Waals surface area contributed by atoms with Gasteiger partial charge < -0.3 is 0 Å². The molecule has 1 amide bonds. The number of hydrogen-bond acceptors (Lipinski definition) is 2. The summed E-state index contributed by atoms with van der Waals surface area (Å²) in [5.41, 5.74) is 7.06. The first-order chi connectivity index (χ1) is 4.89. The second-order valence-corrected chi connectivity index (χ2v) is 3.07. The summed E-state index contributed by atoms with van der Waals surface area (Å²) in [6.07, 6.45) is 0. The van der Waals surface area contributed by atoms with Crippen molar-refractivity contribution < 1.29 is 9.59 Å². The zero-order valence-electron chi connectivity index (χ0n) is 6.66. The Hall–Kier alpha value is -1.35.